The Kier molecular flexibility index (Phi) is 8.81. The number of aliphatic carboxylic acids is 1. The zero-order chi connectivity index (χ0) is 26.4. The molecular weight excluding hydrogens is 468 g/mol. The first-order valence-electron chi connectivity index (χ1n) is 12.9. The van der Waals surface area contributed by atoms with Gasteiger partial charge in [-0.1, -0.05) is 36.4 Å². The van der Waals surface area contributed by atoms with Crippen LogP contribution in [0.25, 0.3) is 0 Å². The number of phenols is 1. The first-order valence-corrected chi connectivity index (χ1v) is 12.9. The molecule has 1 saturated heterocycles. The van der Waals surface area contributed by atoms with Crippen LogP contribution in [0.15, 0.2) is 66.3 Å². The predicted octanol–water partition coefficient (Wildman–Crippen LogP) is 3.30. The van der Waals surface area contributed by atoms with Gasteiger partial charge in [0, 0.05) is 50.2 Å². The second-order valence-corrected chi connectivity index (χ2v) is 9.92. The van der Waals surface area contributed by atoms with Gasteiger partial charge >= 0.3 is 5.97 Å². The van der Waals surface area contributed by atoms with Gasteiger partial charge in [-0.25, -0.2) is 5.53 Å². The van der Waals surface area contributed by atoms with Gasteiger partial charge in [-0.05, 0) is 56.0 Å². The van der Waals surface area contributed by atoms with Gasteiger partial charge in [0.05, 0.1) is 6.04 Å². The van der Waals surface area contributed by atoms with Crippen molar-refractivity contribution in [3.63, 3.8) is 0 Å². The Labute approximate surface area is 219 Å². The zero-order valence-corrected chi connectivity index (χ0v) is 21.7. The van der Waals surface area contributed by atoms with Crippen molar-refractivity contribution < 1.29 is 15.0 Å². The number of unbranched alkanes of at least 4 members (excludes halogenated alkanes) is 1. The SMILES string of the molecule is C=CCN1C[C@H](C)N([C@@H](c2cccc(O)c2)c2cccc(C3=NNNN3CCCCC(=O)O)c2)C[C@H]1C. The molecule has 3 atom stereocenters. The van der Waals surface area contributed by atoms with Crippen LogP contribution >= 0.6 is 0 Å². The molecule has 0 saturated carbocycles. The third kappa shape index (κ3) is 6.49. The molecule has 0 aromatic heterocycles. The third-order valence-electron chi connectivity index (χ3n) is 7.13. The van der Waals surface area contributed by atoms with Crippen LogP contribution in [0.4, 0.5) is 0 Å². The van der Waals surface area contributed by atoms with E-state index in [4.69, 9.17) is 5.11 Å². The van der Waals surface area contributed by atoms with E-state index in [0.29, 0.717) is 25.0 Å². The average molecular weight is 507 g/mol. The van der Waals surface area contributed by atoms with Gasteiger partial charge in [-0.15, -0.1) is 17.2 Å². The quantitative estimate of drug-likeness (QED) is 0.272. The second kappa shape index (κ2) is 12.2. The summed E-state index contributed by atoms with van der Waals surface area (Å²) < 4.78 is 0. The van der Waals surface area contributed by atoms with Crippen LogP contribution in [0.3, 0.4) is 0 Å². The minimum atomic E-state index is -0.777. The summed E-state index contributed by atoms with van der Waals surface area (Å²) in [6.07, 6.45) is 3.46. The molecule has 37 heavy (non-hydrogen) atoms. The number of hydrogen-bond donors (Lipinski definition) is 4. The molecule has 2 aromatic carbocycles. The van der Waals surface area contributed by atoms with Gasteiger partial charge < -0.3 is 10.2 Å². The number of carboxylic acids is 1. The Balaban J connectivity index is 1.62. The molecule has 2 aliphatic heterocycles. The maximum Gasteiger partial charge on any atom is 0.303 e. The lowest BCUT2D eigenvalue weighted by atomic mass is 9.92. The molecule has 0 amide bonds. The standard InChI is InChI=1S/C28H38N6O3/c1-4-14-32-18-21(3)33(19-20(32)2)27(23-10-8-12-25(35)17-23)22-9-7-11-24(16-22)28-29-30-31-34(28)15-6-5-13-26(36)37/h4,7-12,16-17,20-21,27,30-31,35H,1,5-6,13-15,18-19H2,2-3H3,(H,36,37)/t20-,21+,27-/m1/s1. The van der Waals surface area contributed by atoms with Crippen molar-refractivity contribution in [2.75, 3.05) is 26.2 Å². The Bertz CT molecular complexity index is 1120. The minimum Gasteiger partial charge on any atom is -0.508 e. The Morgan fingerprint density at radius 1 is 1.14 bits per heavy atom. The Morgan fingerprint density at radius 2 is 1.89 bits per heavy atom. The van der Waals surface area contributed by atoms with E-state index in [9.17, 15) is 9.90 Å². The van der Waals surface area contributed by atoms with E-state index in [-0.39, 0.29) is 18.2 Å². The molecule has 0 radical (unpaired) electrons. The highest BCUT2D eigenvalue weighted by Gasteiger charge is 2.35. The van der Waals surface area contributed by atoms with Crippen LogP contribution < -0.4 is 11.1 Å². The number of hydrogen-bond acceptors (Lipinski definition) is 8. The van der Waals surface area contributed by atoms with Gasteiger partial charge in [0.2, 0.25) is 0 Å². The number of rotatable bonds is 11. The zero-order valence-electron chi connectivity index (χ0n) is 21.7. The number of hydrazone groups is 1. The van der Waals surface area contributed by atoms with E-state index < -0.39 is 5.97 Å². The van der Waals surface area contributed by atoms with Crippen LogP contribution in [-0.4, -0.2) is 75.1 Å². The number of benzene rings is 2. The van der Waals surface area contributed by atoms with E-state index in [2.05, 4.69) is 64.6 Å². The first-order chi connectivity index (χ1) is 17.9. The van der Waals surface area contributed by atoms with Crippen LogP contribution in [-0.2, 0) is 4.79 Å². The topological polar surface area (TPSA) is 104 Å². The van der Waals surface area contributed by atoms with Crippen LogP contribution in [0.2, 0.25) is 0 Å². The molecule has 4 N–H and O–H groups in total. The summed E-state index contributed by atoms with van der Waals surface area (Å²) >= 11 is 0. The maximum atomic E-state index is 10.9. The fourth-order valence-electron chi connectivity index (χ4n) is 5.30. The van der Waals surface area contributed by atoms with Crippen molar-refractivity contribution in [3.8, 4) is 5.75 Å². The van der Waals surface area contributed by atoms with Crippen LogP contribution in [0.1, 0.15) is 55.8 Å². The molecule has 4 rings (SSSR count). The van der Waals surface area contributed by atoms with E-state index in [1.165, 1.54) is 0 Å². The summed E-state index contributed by atoms with van der Waals surface area (Å²) in [5.74, 6) is 0.246. The summed E-state index contributed by atoms with van der Waals surface area (Å²) in [6, 6.07) is 16.6. The molecule has 9 heteroatoms. The van der Waals surface area contributed by atoms with E-state index in [0.717, 1.165) is 48.6 Å². The lowest BCUT2D eigenvalue weighted by molar-refractivity contribution is -0.137. The Hall–Kier alpha value is -3.40. The van der Waals surface area contributed by atoms with Crippen molar-refractivity contribution in [2.24, 2.45) is 5.10 Å². The third-order valence-corrected chi connectivity index (χ3v) is 7.13. The summed E-state index contributed by atoms with van der Waals surface area (Å²) in [7, 11) is 0. The molecule has 198 valence electrons. The lowest BCUT2D eigenvalue weighted by Gasteiger charge is -2.47. The molecular formula is C28H38N6O3. The number of piperazine rings is 1. The number of nitrogens with zero attached hydrogens (tertiary/aromatic N) is 4. The number of hydrazine groups is 2. The van der Waals surface area contributed by atoms with Crippen LogP contribution in [0, 0.1) is 0 Å². The number of amidine groups is 1. The number of aromatic hydroxyl groups is 1. The smallest absolute Gasteiger partial charge is 0.303 e. The molecule has 9 nitrogen and oxygen atoms in total. The highest BCUT2D eigenvalue weighted by Crippen LogP contribution is 2.35. The predicted molar refractivity (Wildman–Crippen MR) is 145 cm³/mol. The van der Waals surface area contributed by atoms with Crippen molar-refractivity contribution in [1.29, 1.82) is 0 Å². The van der Waals surface area contributed by atoms with Gasteiger partial charge in [-0.2, -0.15) is 0 Å². The molecule has 0 unspecified atom stereocenters. The number of nitrogens with one attached hydrogen (secondary N) is 2. The van der Waals surface area contributed by atoms with Crippen molar-refractivity contribution in [2.45, 2.75) is 51.2 Å². The minimum absolute atomic E-state index is 0.0395. The average Bonchev–Trinajstić information content (AvgIpc) is 3.34. The summed E-state index contributed by atoms with van der Waals surface area (Å²) in [5, 5.41) is 25.6. The van der Waals surface area contributed by atoms with Crippen molar-refractivity contribution in [3.05, 3.63) is 77.9 Å². The monoisotopic (exact) mass is 506 g/mol. The highest BCUT2D eigenvalue weighted by molar-refractivity contribution is 5.99. The number of carbonyl (C=O) groups is 1. The van der Waals surface area contributed by atoms with Crippen molar-refractivity contribution >= 4 is 11.8 Å². The highest BCUT2D eigenvalue weighted by atomic mass is 16.4. The van der Waals surface area contributed by atoms with Crippen molar-refractivity contribution in [1.82, 2.24) is 25.9 Å². The normalized spacial score (nSPS) is 21.4. The van der Waals surface area contributed by atoms with E-state index in [1.54, 1.807) is 6.07 Å². The summed E-state index contributed by atoms with van der Waals surface area (Å²) in [5.41, 5.74) is 9.02. The first kappa shape index (κ1) is 26.7. The molecule has 2 aromatic rings. The van der Waals surface area contributed by atoms with E-state index >= 15 is 0 Å². The summed E-state index contributed by atoms with van der Waals surface area (Å²) in [4.78, 5) is 15.8. The Morgan fingerprint density at radius 3 is 2.62 bits per heavy atom. The van der Waals surface area contributed by atoms with Gasteiger partial charge in [0.25, 0.3) is 0 Å². The van der Waals surface area contributed by atoms with Gasteiger partial charge in [0.15, 0.2) is 5.84 Å². The maximum absolute atomic E-state index is 10.9. The largest absolute Gasteiger partial charge is 0.508 e. The molecule has 0 aliphatic carbocycles. The molecule has 2 aliphatic rings. The van der Waals surface area contributed by atoms with Crippen LogP contribution in [0.5, 0.6) is 5.75 Å². The fraction of sp³-hybridized carbons (Fsp3) is 0.429. The number of phenolic OH excluding ortho intramolecular Hbond substituents is 1. The molecule has 0 spiro atoms. The molecule has 2 heterocycles. The van der Waals surface area contributed by atoms with E-state index in [1.807, 2.05) is 35.4 Å². The number of carboxylic acid groups (broad SMARTS) is 1. The fourth-order valence-corrected chi connectivity index (χ4v) is 5.30. The van der Waals surface area contributed by atoms with Gasteiger partial charge in [-0.3, -0.25) is 19.6 Å². The van der Waals surface area contributed by atoms with Gasteiger partial charge in [0.1, 0.15) is 5.75 Å². The molecule has 0 bridgehead atoms. The second-order valence-electron chi connectivity index (χ2n) is 9.92. The summed E-state index contributed by atoms with van der Waals surface area (Å²) in [6.45, 7) is 11.8. The molecule has 1 fully saturated rings. The lowest BCUT2D eigenvalue weighted by Crippen LogP contribution is -2.57.